The molecular formula is C19H19ClN4OS2. The normalized spacial score (nSPS) is 10.7. The summed E-state index contributed by atoms with van der Waals surface area (Å²) in [6.45, 7) is 6.80. The van der Waals surface area contributed by atoms with Crippen molar-refractivity contribution in [3.63, 3.8) is 0 Å². The van der Waals surface area contributed by atoms with E-state index in [4.69, 9.17) is 11.6 Å². The number of amides is 1. The van der Waals surface area contributed by atoms with Gasteiger partial charge in [0.15, 0.2) is 5.16 Å². The van der Waals surface area contributed by atoms with E-state index in [1.165, 1.54) is 28.7 Å². The number of hydrogen-bond donors (Lipinski definition) is 0. The van der Waals surface area contributed by atoms with Crippen LogP contribution in [0, 0.1) is 6.92 Å². The summed E-state index contributed by atoms with van der Waals surface area (Å²) in [6.07, 6.45) is 3.39. The first-order valence-corrected chi connectivity index (χ1v) is 10.5. The van der Waals surface area contributed by atoms with Crippen LogP contribution in [0.15, 0.2) is 60.5 Å². The predicted octanol–water partition coefficient (Wildman–Crippen LogP) is 4.60. The fourth-order valence-electron chi connectivity index (χ4n) is 2.46. The molecular weight excluding hydrogens is 400 g/mol. The highest BCUT2D eigenvalue weighted by Gasteiger charge is 2.16. The van der Waals surface area contributed by atoms with Crippen molar-refractivity contribution >= 4 is 40.6 Å². The molecule has 140 valence electrons. The van der Waals surface area contributed by atoms with Crippen LogP contribution >= 0.6 is 34.7 Å². The maximum atomic E-state index is 12.7. The molecule has 0 spiro atoms. The Morgan fingerprint density at radius 3 is 2.78 bits per heavy atom. The lowest BCUT2D eigenvalue weighted by molar-refractivity contribution is -0.128. The third-order valence-corrected chi connectivity index (χ3v) is 5.97. The highest BCUT2D eigenvalue weighted by atomic mass is 35.5. The molecule has 1 amide bonds. The van der Waals surface area contributed by atoms with E-state index in [-0.39, 0.29) is 11.7 Å². The summed E-state index contributed by atoms with van der Waals surface area (Å²) < 4.78 is 2.60. The van der Waals surface area contributed by atoms with Crippen LogP contribution in [0.1, 0.15) is 10.4 Å². The van der Waals surface area contributed by atoms with Crippen molar-refractivity contribution in [2.75, 3.05) is 12.3 Å². The van der Waals surface area contributed by atoms with Crippen molar-refractivity contribution < 1.29 is 4.79 Å². The Balaban J connectivity index is 1.66. The number of aryl methyl sites for hydroxylation is 1. The predicted molar refractivity (Wildman–Crippen MR) is 112 cm³/mol. The molecule has 0 aliphatic rings. The van der Waals surface area contributed by atoms with Crippen molar-refractivity contribution in [1.82, 2.24) is 19.7 Å². The van der Waals surface area contributed by atoms with Gasteiger partial charge < -0.3 is 4.90 Å². The van der Waals surface area contributed by atoms with Crippen LogP contribution in [0.4, 0.5) is 0 Å². The van der Waals surface area contributed by atoms with Crippen LogP contribution in [0.5, 0.6) is 0 Å². The van der Waals surface area contributed by atoms with Crippen molar-refractivity contribution in [1.29, 1.82) is 0 Å². The molecule has 3 aromatic rings. The molecule has 0 unspecified atom stereocenters. The molecule has 0 saturated carbocycles. The van der Waals surface area contributed by atoms with Gasteiger partial charge in [-0.3, -0.25) is 9.36 Å². The molecule has 0 radical (unpaired) electrons. The number of aromatic nitrogens is 3. The molecule has 0 aliphatic heterocycles. The zero-order chi connectivity index (χ0) is 19.2. The Hall–Kier alpha value is -2.09. The van der Waals surface area contributed by atoms with Gasteiger partial charge in [-0.1, -0.05) is 47.1 Å². The van der Waals surface area contributed by atoms with E-state index < -0.39 is 0 Å². The molecule has 0 N–H and O–H groups in total. The first-order chi connectivity index (χ1) is 13.1. The van der Waals surface area contributed by atoms with Crippen LogP contribution in [0.25, 0.3) is 5.69 Å². The fourth-order valence-corrected chi connectivity index (χ4v) is 4.39. The van der Waals surface area contributed by atoms with Crippen molar-refractivity contribution in [2.24, 2.45) is 0 Å². The number of thioether (sulfide) groups is 1. The summed E-state index contributed by atoms with van der Waals surface area (Å²) in [7, 11) is 0. The SMILES string of the molecule is C=CCN(Cc1ccc(Cl)s1)C(=O)CSc1nncn1-c1ccc(C)cc1. The molecule has 2 aromatic heterocycles. The largest absolute Gasteiger partial charge is 0.333 e. The van der Waals surface area contributed by atoms with Crippen molar-refractivity contribution in [3.05, 3.63) is 70.2 Å². The average molecular weight is 419 g/mol. The topological polar surface area (TPSA) is 51.0 Å². The van der Waals surface area contributed by atoms with Gasteiger partial charge in [0.25, 0.3) is 0 Å². The lowest BCUT2D eigenvalue weighted by atomic mass is 10.2. The minimum Gasteiger partial charge on any atom is -0.333 e. The Morgan fingerprint density at radius 1 is 1.33 bits per heavy atom. The monoisotopic (exact) mass is 418 g/mol. The summed E-state index contributed by atoms with van der Waals surface area (Å²) in [6, 6.07) is 11.9. The minimum absolute atomic E-state index is 0.0166. The Labute approximate surface area is 171 Å². The Bertz CT molecular complexity index is 920. The second-order valence-electron chi connectivity index (χ2n) is 5.88. The highest BCUT2D eigenvalue weighted by molar-refractivity contribution is 7.99. The van der Waals surface area contributed by atoms with Crippen LogP contribution in [0.2, 0.25) is 4.34 Å². The molecule has 0 atom stereocenters. The molecule has 0 bridgehead atoms. The lowest BCUT2D eigenvalue weighted by Crippen LogP contribution is -2.31. The minimum atomic E-state index is 0.0166. The second kappa shape index (κ2) is 9.21. The first-order valence-electron chi connectivity index (χ1n) is 8.29. The van der Waals surface area contributed by atoms with Gasteiger partial charge in [0, 0.05) is 17.1 Å². The van der Waals surface area contributed by atoms with Crippen LogP contribution in [0.3, 0.4) is 0 Å². The zero-order valence-electron chi connectivity index (χ0n) is 14.8. The van der Waals surface area contributed by atoms with E-state index in [0.717, 1.165) is 14.9 Å². The number of rotatable bonds is 8. The summed E-state index contributed by atoms with van der Waals surface area (Å²) in [4.78, 5) is 15.5. The molecule has 0 saturated heterocycles. The van der Waals surface area contributed by atoms with Crippen molar-refractivity contribution in [2.45, 2.75) is 18.6 Å². The first kappa shape index (κ1) is 19.7. The maximum absolute atomic E-state index is 12.7. The number of carbonyl (C=O) groups is 1. The number of benzene rings is 1. The van der Waals surface area contributed by atoms with E-state index in [9.17, 15) is 4.79 Å². The van der Waals surface area contributed by atoms with Gasteiger partial charge in [-0.05, 0) is 31.2 Å². The van der Waals surface area contributed by atoms with E-state index in [1.807, 2.05) is 47.9 Å². The standard InChI is InChI=1S/C19H19ClN4OS2/c1-3-10-23(11-16-8-9-17(20)27-16)18(25)12-26-19-22-21-13-24(19)15-6-4-14(2)5-7-15/h3-9,13H,1,10-12H2,2H3. The zero-order valence-corrected chi connectivity index (χ0v) is 17.2. The summed E-state index contributed by atoms with van der Waals surface area (Å²) in [5.41, 5.74) is 2.15. The van der Waals surface area contributed by atoms with E-state index in [2.05, 4.69) is 16.8 Å². The Morgan fingerprint density at radius 2 is 2.11 bits per heavy atom. The Kier molecular flexibility index (Phi) is 6.71. The smallest absolute Gasteiger partial charge is 0.233 e. The number of nitrogens with zero attached hydrogens (tertiary/aromatic N) is 4. The second-order valence-corrected chi connectivity index (χ2v) is 8.62. The van der Waals surface area contributed by atoms with Gasteiger partial charge in [0.05, 0.1) is 16.6 Å². The molecule has 3 rings (SSSR count). The van der Waals surface area contributed by atoms with Gasteiger partial charge >= 0.3 is 0 Å². The van der Waals surface area contributed by atoms with Gasteiger partial charge in [0.1, 0.15) is 6.33 Å². The quantitative estimate of drug-likeness (QED) is 0.396. The summed E-state index contributed by atoms with van der Waals surface area (Å²) in [5, 5.41) is 8.82. The van der Waals surface area contributed by atoms with Crippen LogP contribution in [-0.2, 0) is 11.3 Å². The third kappa shape index (κ3) is 5.22. The summed E-state index contributed by atoms with van der Waals surface area (Å²) >= 11 is 8.84. The van der Waals surface area contributed by atoms with E-state index in [0.29, 0.717) is 18.2 Å². The average Bonchev–Trinajstić information content (AvgIpc) is 3.29. The number of hydrogen-bond acceptors (Lipinski definition) is 5. The van der Waals surface area contributed by atoms with Gasteiger partial charge in [0.2, 0.25) is 5.91 Å². The van der Waals surface area contributed by atoms with Gasteiger partial charge in [-0.25, -0.2) is 0 Å². The fraction of sp³-hybridized carbons (Fsp3) is 0.211. The molecule has 0 aliphatic carbocycles. The highest BCUT2D eigenvalue weighted by Crippen LogP contribution is 2.24. The van der Waals surface area contributed by atoms with Crippen molar-refractivity contribution in [3.8, 4) is 5.69 Å². The van der Waals surface area contributed by atoms with Gasteiger partial charge in [-0.15, -0.1) is 28.1 Å². The number of thiophene rings is 1. The van der Waals surface area contributed by atoms with Gasteiger partial charge in [-0.2, -0.15) is 0 Å². The van der Waals surface area contributed by atoms with Crippen LogP contribution in [-0.4, -0.2) is 37.9 Å². The maximum Gasteiger partial charge on any atom is 0.233 e. The molecule has 2 heterocycles. The molecule has 5 nitrogen and oxygen atoms in total. The third-order valence-electron chi connectivity index (χ3n) is 3.83. The van der Waals surface area contributed by atoms with E-state index >= 15 is 0 Å². The molecule has 8 heteroatoms. The van der Waals surface area contributed by atoms with E-state index in [1.54, 1.807) is 17.3 Å². The molecule has 27 heavy (non-hydrogen) atoms. The molecule has 1 aromatic carbocycles. The molecule has 0 fully saturated rings. The number of halogens is 1. The summed E-state index contributed by atoms with van der Waals surface area (Å²) in [5.74, 6) is 0.292. The number of carbonyl (C=O) groups excluding carboxylic acids is 1. The lowest BCUT2D eigenvalue weighted by Gasteiger charge is -2.20. The van der Waals surface area contributed by atoms with Crippen LogP contribution < -0.4 is 0 Å².